The summed E-state index contributed by atoms with van der Waals surface area (Å²) in [4.78, 5) is 0.282. The zero-order chi connectivity index (χ0) is 10.8. The molecule has 0 amide bonds. The molecular weight excluding hydrogens is 200 g/mol. The van der Waals surface area contributed by atoms with Crippen LogP contribution in [0.2, 0.25) is 0 Å². The van der Waals surface area contributed by atoms with Crippen LogP contribution in [0.15, 0.2) is 23.1 Å². The molecule has 0 heterocycles. The van der Waals surface area contributed by atoms with E-state index < -0.39 is 9.84 Å². The molecule has 0 saturated heterocycles. The van der Waals surface area contributed by atoms with Gasteiger partial charge in [-0.25, -0.2) is 8.42 Å². The Hall–Kier alpha value is -0.870. The molecule has 3 nitrogen and oxygen atoms in total. The predicted octanol–water partition coefficient (Wildman–Crippen LogP) is 1.28. The normalized spacial score (nSPS) is 11.6. The molecule has 0 aliphatic rings. The Morgan fingerprint density at radius 3 is 2.50 bits per heavy atom. The molecule has 1 rings (SSSR count). The van der Waals surface area contributed by atoms with Crippen molar-refractivity contribution >= 4 is 9.84 Å². The topological polar surface area (TPSA) is 54.4 Å². The van der Waals surface area contributed by atoms with Gasteiger partial charge in [0.05, 0.1) is 17.3 Å². The van der Waals surface area contributed by atoms with E-state index in [0.29, 0.717) is 11.1 Å². The van der Waals surface area contributed by atoms with Gasteiger partial charge in [0.15, 0.2) is 9.84 Å². The Morgan fingerprint density at radius 2 is 2.00 bits per heavy atom. The first-order valence-electron chi connectivity index (χ1n) is 4.45. The summed E-state index contributed by atoms with van der Waals surface area (Å²) < 4.78 is 23.4. The molecule has 0 spiro atoms. The summed E-state index contributed by atoms with van der Waals surface area (Å²) in [6.45, 7) is 3.10. The third-order valence-electron chi connectivity index (χ3n) is 2.15. The van der Waals surface area contributed by atoms with Crippen LogP contribution in [0.5, 0.6) is 0 Å². The highest BCUT2D eigenvalue weighted by molar-refractivity contribution is 7.91. The minimum absolute atomic E-state index is 0.0604. The van der Waals surface area contributed by atoms with E-state index in [1.807, 2.05) is 0 Å². The van der Waals surface area contributed by atoms with Gasteiger partial charge < -0.3 is 5.11 Å². The highest BCUT2D eigenvalue weighted by atomic mass is 32.2. The molecular formula is C10H14O3S. The van der Waals surface area contributed by atoms with Crippen LogP contribution in [0.4, 0.5) is 0 Å². The second kappa shape index (κ2) is 4.11. The Kier molecular flexibility index (Phi) is 3.29. The van der Waals surface area contributed by atoms with Crippen LogP contribution in [0.25, 0.3) is 0 Å². The Bertz CT molecular complexity index is 421. The van der Waals surface area contributed by atoms with Gasteiger partial charge >= 0.3 is 0 Å². The molecule has 1 N–H and O–H groups in total. The number of aliphatic hydroxyl groups excluding tert-OH is 1. The van der Waals surface area contributed by atoms with Gasteiger partial charge in [-0.15, -0.1) is 0 Å². The monoisotopic (exact) mass is 214 g/mol. The molecule has 0 aliphatic heterocycles. The van der Waals surface area contributed by atoms with E-state index in [0.717, 1.165) is 0 Å². The van der Waals surface area contributed by atoms with E-state index in [1.165, 1.54) is 0 Å². The maximum absolute atomic E-state index is 11.7. The second-order valence-corrected chi connectivity index (χ2v) is 5.34. The lowest BCUT2D eigenvalue weighted by Gasteiger charge is -2.09. The van der Waals surface area contributed by atoms with Crippen molar-refractivity contribution in [3.8, 4) is 0 Å². The molecule has 0 unspecified atom stereocenters. The van der Waals surface area contributed by atoms with Crippen molar-refractivity contribution in [1.29, 1.82) is 0 Å². The minimum Gasteiger partial charge on any atom is -0.392 e. The van der Waals surface area contributed by atoms with Gasteiger partial charge in [0.25, 0.3) is 0 Å². The quantitative estimate of drug-likeness (QED) is 0.824. The molecule has 0 aromatic heterocycles. The Morgan fingerprint density at radius 1 is 1.36 bits per heavy atom. The van der Waals surface area contributed by atoms with E-state index >= 15 is 0 Å². The fourth-order valence-electron chi connectivity index (χ4n) is 1.43. The van der Waals surface area contributed by atoms with Gasteiger partial charge in [-0.2, -0.15) is 0 Å². The molecule has 1 aromatic carbocycles. The van der Waals surface area contributed by atoms with E-state index in [-0.39, 0.29) is 17.3 Å². The van der Waals surface area contributed by atoms with Crippen LogP contribution >= 0.6 is 0 Å². The molecule has 1 aromatic rings. The molecule has 14 heavy (non-hydrogen) atoms. The van der Waals surface area contributed by atoms with E-state index in [4.69, 9.17) is 5.11 Å². The van der Waals surface area contributed by atoms with Gasteiger partial charge in [0, 0.05) is 0 Å². The second-order valence-electron chi connectivity index (χ2n) is 3.12. The smallest absolute Gasteiger partial charge is 0.178 e. The summed E-state index contributed by atoms with van der Waals surface area (Å²) >= 11 is 0. The lowest BCUT2D eigenvalue weighted by Crippen LogP contribution is -2.09. The molecule has 0 aliphatic carbocycles. The standard InChI is InChI=1S/C10H14O3S/c1-3-14(12,13)10-8(2)5-4-6-9(10)7-11/h4-6,11H,3,7H2,1-2H3. The summed E-state index contributed by atoms with van der Waals surface area (Å²) in [7, 11) is -3.23. The van der Waals surface area contributed by atoms with Crippen molar-refractivity contribution in [1.82, 2.24) is 0 Å². The Balaban J connectivity index is 3.46. The van der Waals surface area contributed by atoms with Gasteiger partial charge in [-0.05, 0) is 18.1 Å². The maximum atomic E-state index is 11.7. The van der Waals surface area contributed by atoms with Crippen LogP contribution in [-0.4, -0.2) is 19.3 Å². The van der Waals surface area contributed by atoms with Crippen LogP contribution in [0.1, 0.15) is 18.1 Å². The van der Waals surface area contributed by atoms with E-state index in [1.54, 1.807) is 32.0 Å². The van der Waals surface area contributed by atoms with E-state index in [2.05, 4.69) is 0 Å². The minimum atomic E-state index is -3.23. The molecule has 0 atom stereocenters. The molecule has 4 heteroatoms. The first-order chi connectivity index (χ1) is 6.53. The van der Waals surface area contributed by atoms with Crippen molar-refractivity contribution in [3.63, 3.8) is 0 Å². The number of aryl methyl sites for hydroxylation is 1. The molecule has 0 bridgehead atoms. The van der Waals surface area contributed by atoms with Crippen molar-refractivity contribution in [2.75, 3.05) is 5.75 Å². The number of aliphatic hydroxyl groups is 1. The number of sulfone groups is 1. The van der Waals surface area contributed by atoms with Gasteiger partial charge in [0.1, 0.15) is 0 Å². The summed E-state index contributed by atoms with van der Waals surface area (Å²) in [5.74, 6) is 0.0604. The van der Waals surface area contributed by atoms with Gasteiger partial charge in [0.2, 0.25) is 0 Å². The van der Waals surface area contributed by atoms with Crippen LogP contribution in [-0.2, 0) is 16.4 Å². The highest BCUT2D eigenvalue weighted by Gasteiger charge is 2.18. The zero-order valence-electron chi connectivity index (χ0n) is 8.32. The highest BCUT2D eigenvalue weighted by Crippen LogP contribution is 2.21. The molecule has 0 fully saturated rings. The lowest BCUT2D eigenvalue weighted by molar-refractivity contribution is 0.278. The van der Waals surface area contributed by atoms with Crippen molar-refractivity contribution < 1.29 is 13.5 Å². The Labute approximate surface area is 84.3 Å². The average Bonchev–Trinajstić information content (AvgIpc) is 2.17. The van der Waals surface area contributed by atoms with Crippen molar-refractivity contribution in [3.05, 3.63) is 29.3 Å². The fraction of sp³-hybridized carbons (Fsp3) is 0.400. The summed E-state index contributed by atoms with van der Waals surface area (Å²) in [5.41, 5.74) is 1.17. The molecule has 0 saturated carbocycles. The summed E-state index contributed by atoms with van der Waals surface area (Å²) in [5, 5.41) is 9.04. The van der Waals surface area contributed by atoms with Gasteiger partial charge in [-0.1, -0.05) is 25.1 Å². The summed E-state index contributed by atoms with van der Waals surface area (Å²) in [6, 6.07) is 5.12. The molecule has 0 radical (unpaired) electrons. The third-order valence-corrected chi connectivity index (χ3v) is 4.12. The first kappa shape index (κ1) is 11.2. The number of hydrogen-bond donors (Lipinski definition) is 1. The third kappa shape index (κ3) is 1.96. The first-order valence-corrected chi connectivity index (χ1v) is 6.10. The summed E-state index contributed by atoms with van der Waals surface area (Å²) in [6.07, 6.45) is 0. The van der Waals surface area contributed by atoms with Crippen LogP contribution in [0.3, 0.4) is 0 Å². The average molecular weight is 214 g/mol. The maximum Gasteiger partial charge on any atom is 0.178 e. The lowest BCUT2D eigenvalue weighted by atomic mass is 10.1. The number of benzene rings is 1. The zero-order valence-corrected chi connectivity index (χ0v) is 9.13. The van der Waals surface area contributed by atoms with Crippen LogP contribution < -0.4 is 0 Å². The SMILES string of the molecule is CCS(=O)(=O)c1c(C)cccc1CO. The van der Waals surface area contributed by atoms with Crippen molar-refractivity contribution in [2.45, 2.75) is 25.3 Å². The predicted molar refractivity (Wildman–Crippen MR) is 54.8 cm³/mol. The number of rotatable bonds is 3. The largest absolute Gasteiger partial charge is 0.392 e. The number of hydrogen-bond acceptors (Lipinski definition) is 3. The van der Waals surface area contributed by atoms with Crippen molar-refractivity contribution in [2.24, 2.45) is 0 Å². The van der Waals surface area contributed by atoms with Gasteiger partial charge in [-0.3, -0.25) is 0 Å². The van der Waals surface area contributed by atoms with Crippen LogP contribution in [0, 0.1) is 6.92 Å². The van der Waals surface area contributed by atoms with E-state index in [9.17, 15) is 8.42 Å². The fourth-order valence-corrected chi connectivity index (χ4v) is 2.81. The molecule has 78 valence electrons.